The van der Waals surface area contributed by atoms with Gasteiger partial charge in [0.1, 0.15) is 5.69 Å². The fourth-order valence-electron chi connectivity index (χ4n) is 2.38. The molecule has 0 aliphatic carbocycles. The minimum absolute atomic E-state index is 0.0651. The van der Waals surface area contributed by atoms with Gasteiger partial charge in [0.05, 0.1) is 4.92 Å². The molecule has 2 rings (SSSR count). The van der Waals surface area contributed by atoms with Crippen LogP contribution in [0.3, 0.4) is 0 Å². The first-order valence-electron chi connectivity index (χ1n) is 7.13. The van der Waals surface area contributed by atoms with Gasteiger partial charge in [0.15, 0.2) is 0 Å². The minimum atomic E-state index is -0.460. The number of nitrogens with one attached hydrogen (secondary N) is 3. The molecule has 3 N–H and O–H groups in total. The van der Waals surface area contributed by atoms with Crippen molar-refractivity contribution in [3.63, 3.8) is 0 Å². The SMILES string of the molecule is CCNC(=O)c1ccc(NCC2CCNC2)c([N+](=O)[O-])c1. The Morgan fingerprint density at radius 2 is 2.33 bits per heavy atom. The first kappa shape index (κ1) is 15.2. The number of rotatable bonds is 6. The Labute approximate surface area is 123 Å². The molecule has 1 aliphatic rings. The third kappa shape index (κ3) is 3.91. The molecule has 1 saturated heterocycles. The van der Waals surface area contributed by atoms with E-state index in [0.29, 0.717) is 30.3 Å². The van der Waals surface area contributed by atoms with Crippen molar-refractivity contribution in [2.75, 3.05) is 31.5 Å². The summed E-state index contributed by atoms with van der Waals surface area (Å²) in [6, 6.07) is 4.53. The lowest BCUT2D eigenvalue weighted by atomic mass is 10.1. The van der Waals surface area contributed by atoms with Crippen molar-refractivity contribution in [1.82, 2.24) is 10.6 Å². The summed E-state index contributed by atoms with van der Waals surface area (Å²) in [4.78, 5) is 22.4. The van der Waals surface area contributed by atoms with E-state index < -0.39 is 4.92 Å². The third-order valence-electron chi connectivity index (χ3n) is 3.54. The number of amides is 1. The Morgan fingerprint density at radius 3 is 2.95 bits per heavy atom. The number of nitro benzene ring substituents is 1. The van der Waals surface area contributed by atoms with E-state index in [0.717, 1.165) is 19.5 Å². The highest BCUT2D eigenvalue weighted by Crippen LogP contribution is 2.26. The van der Waals surface area contributed by atoms with Crippen LogP contribution in [0.4, 0.5) is 11.4 Å². The molecule has 1 aromatic rings. The van der Waals surface area contributed by atoms with Crippen molar-refractivity contribution in [3.05, 3.63) is 33.9 Å². The number of carbonyl (C=O) groups excluding carboxylic acids is 1. The van der Waals surface area contributed by atoms with E-state index in [4.69, 9.17) is 0 Å². The van der Waals surface area contributed by atoms with Gasteiger partial charge in [0, 0.05) is 24.7 Å². The predicted octanol–water partition coefficient (Wildman–Crippen LogP) is 1.37. The quantitative estimate of drug-likeness (QED) is 0.543. The van der Waals surface area contributed by atoms with Crippen LogP contribution in [-0.2, 0) is 0 Å². The molecule has 0 radical (unpaired) electrons. The summed E-state index contributed by atoms with van der Waals surface area (Å²) >= 11 is 0. The van der Waals surface area contributed by atoms with E-state index in [1.807, 2.05) is 0 Å². The predicted molar refractivity (Wildman–Crippen MR) is 80.6 cm³/mol. The van der Waals surface area contributed by atoms with Gasteiger partial charge in [-0.25, -0.2) is 0 Å². The smallest absolute Gasteiger partial charge is 0.293 e. The molecule has 21 heavy (non-hydrogen) atoms. The van der Waals surface area contributed by atoms with Crippen LogP contribution in [0.1, 0.15) is 23.7 Å². The second kappa shape index (κ2) is 7.03. The summed E-state index contributed by atoms with van der Waals surface area (Å²) in [6.07, 6.45) is 1.07. The molecule has 1 aromatic carbocycles. The van der Waals surface area contributed by atoms with Gasteiger partial charge < -0.3 is 16.0 Å². The van der Waals surface area contributed by atoms with Crippen LogP contribution in [0.15, 0.2) is 18.2 Å². The number of hydrogen-bond acceptors (Lipinski definition) is 5. The lowest BCUT2D eigenvalue weighted by Gasteiger charge is -2.12. The molecule has 0 aromatic heterocycles. The number of benzene rings is 1. The molecule has 114 valence electrons. The second-order valence-electron chi connectivity index (χ2n) is 5.09. The molecule has 1 heterocycles. The fourth-order valence-corrected chi connectivity index (χ4v) is 2.38. The maximum atomic E-state index is 11.7. The Morgan fingerprint density at radius 1 is 1.52 bits per heavy atom. The molecule has 1 unspecified atom stereocenters. The van der Waals surface area contributed by atoms with Crippen molar-refractivity contribution in [2.24, 2.45) is 5.92 Å². The summed E-state index contributed by atoms with van der Waals surface area (Å²) in [5, 5.41) is 20.2. The van der Waals surface area contributed by atoms with Gasteiger partial charge in [-0.3, -0.25) is 14.9 Å². The lowest BCUT2D eigenvalue weighted by Crippen LogP contribution is -2.23. The third-order valence-corrected chi connectivity index (χ3v) is 3.54. The zero-order chi connectivity index (χ0) is 15.2. The van der Waals surface area contributed by atoms with E-state index in [9.17, 15) is 14.9 Å². The highest BCUT2D eigenvalue weighted by Gasteiger charge is 2.19. The van der Waals surface area contributed by atoms with Gasteiger partial charge in [-0.1, -0.05) is 0 Å². The monoisotopic (exact) mass is 292 g/mol. The summed E-state index contributed by atoms with van der Waals surface area (Å²) < 4.78 is 0. The number of hydrogen-bond donors (Lipinski definition) is 3. The molecular formula is C14H20N4O3. The van der Waals surface area contributed by atoms with Crippen molar-refractivity contribution in [1.29, 1.82) is 0 Å². The summed E-state index contributed by atoms with van der Waals surface area (Å²) in [5.41, 5.74) is 0.696. The standard InChI is InChI=1S/C14H20N4O3/c1-2-16-14(19)11-3-4-12(13(7-11)18(20)21)17-9-10-5-6-15-8-10/h3-4,7,10,15,17H,2,5-6,8-9H2,1H3,(H,16,19). The van der Waals surface area contributed by atoms with Crippen LogP contribution in [-0.4, -0.2) is 37.0 Å². The Hall–Kier alpha value is -2.15. The first-order chi connectivity index (χ1) is 10.1. The van der Waals surface area contributed by atoms with Crippen LogP contribution in [0.25, 0.3) is 0 Å². The molecule has 0 spiro atoms. The van der Waals surface area contributed by atoms with Crippen LogP contribution in [0.2, 0.25) is 0 Å². The molecular weight excluding hydrogens is 272 g/mol. The summed E-state index contributed by atoms with van der Waals surface area (Å²) in [5.74, 6) is 0.180. The Bertz CT molecular complexity index is 527. The Balaban J connectivity index is 2.12. The van der Waals surface area contributed by atoms with Gasteiger partial charge in [-0.05, 0) is 44.5 Å². The average molecular weight is 292 g/mol. The Kier molecular flexibility index (Phi) is 5.10. The van der Waals surface area contributed by atoms with Crippen molar-refractivity contribution in [2.45, 2.75) is 13.3 Å². The van der Waals surface area contributed by atoms with Gasteiger partial charge in [0.25, 0.3) is 11.6 Å². The lowest BCUT2D eigenvalue weighted by molar-refractivity contribution is -0.384. The number of carbonyl (C=O) groups is 1. The molecule has 7 heteroatoms. The van der Waals surface area contributed by atoms with E-state index in [1.165, 1.54) is 6.07 Å². The highest BCUT2D eigenvalue weighted by molar-refractivity contribution is 5.95. The largest absolute Gasteiger partial charge is 0.379 e. The normalized spacial score (nSPS) is 17.5. The van der Waals surface area contributed by atoms with Crippen LogP contribution in [0.5, 0.6) is 0 Å². The number of nitrogens with zero attached hydrogens (tertiary/aromatic N) is 1. The zero-order valence-corrected chi connectivity index (χ0v) is 12.0. The first-order valence-corrected chi connectivity index (χ1v) is 7.13. The van der Waals surface area contributed by atoms with E-state index in [1.54, 1.807) is 19.1 Å². The molecule has 1 fully saturated rings. The molecule has 1 aliphatic heterocycles. The molecule has 0 saturated carbocycles. The number of anilines is 1. The topological polar surface area (TPSA) is 96.3 Å². The van der Waals surface area contributed by atoms with E-state index >= 15 is 0 Å². The summed E-state index contributed by atoms with van der Waals surface area (Å²) in [6.45, 7) is 4.90. The highest BCUT2D eigenvalue weighted by atomic mass is 16.6. The maximum Gasteiger partial charge on any atom is 0.293 e. The van der Waals surface area contributed by atoms with Crippen LogP contribution < -0.4 is 16.0 Å². The molecule has 1 amide bonds. The van der Waals surface area contributed by atoms with Gasteiger partial charge in [0.2, 0.25) is 0 Å². The maximum absolute atomic E-state index is 11.7. The molecule has 7 nitrogen and oxygen atoms in total. The van der Waals surface area contributed by atoms with Crippen molar-refractivity contribution in [3.8, 4) is 0 Å². The minimum Gasteiger partial charge on any atom is -0.379 e. The van der Waals surface area contributed by atoms with Gasteiger partial charge in [-0.2, -0.15) is 0 Å². The van der Waals surface area contributed by atoms with E-state index in [-0.39, 0.29) is 11.6 Å². The second-order valence-corrected chi connectivity index (χ2v) is 5.09. The molecule has 0 bridgehead atoms. The average Bonchev–Trinajstić information content (AvgIpc) is 2.98. The molecule has 1 atom stereocenters. The van der Waals surface area contributed by atoms with E-state index in [2.05, 4.69) is 16.0 Å². The zero-order valence-electron chi connectivity index (χ0n) is 12.0. The van der Waals surface area contributed by atoms with Gasteiger partial charge in [-0.15, -0.1) is 0 Å². The van der Waals surface area contributed by atoms with Crippen LogP contribution >= 0.6 is 0 Å². The fraction of sp³-hybridized carbons (Fsp3) is 0.500. The van der Waals surface area contributed by atoms with Crippen molar-refractivity contribution >= 4 is 17.3 Å². The van der Waals surface area contributed by atoms with Crippen LogP contribution in [0, 0.1) is 16.0 Å². The summed E-state index contributed by atoms with van der Waals surface area (Å²) in [7, 11) is 0. The van der Waals surface area contributed by atoms with Gasteiger partial charge >= 0.3 is 0 Å². The van der Waals surface area contributed by atoms with Crippen molar-refractivity contribution < 1.29 is 9.72 Å². The number of nitro groups is 1.